The molecule has 1 aliphatic heterocycles. The van der Waals surface area contributed by atoms with Crippen LogP contribution in [0.15, 0.2) is 24.3 Å². The molecule has 1 N–H and O–H groups in total. The Morgan fingerprint density at radius 1 is 1.24 bits per heavy atom. The summed E-state index contributed by atoms with van der Waals surface area (Å²) in [5.74, 6) is -0.323. The van der Waals surface area contributed by atoms with E-state index in [2.05, 4.69) is 10.4 Å². The maximum Gasteiger partial charge on any atom is 0.274 e. The first kappa shape index (κ1) is 16.3. The minimum absolute atomic E-state index is 0.0113. The van der Waals surface area contributed by atoms with Crippen LogP contribution in [0, 0.1) is 5.82 Å². The zero-order valence-electron chi connectivity index (χ0n) is 14.5. The van der Waals surface area contributed by atoms with Crippen LogP contribution in [-0.4, -0.2) is 46.8 Å². The molecule has 2 aromatic rings. The van der Waals surface area contributed by atoms with Gasteiger partial charge in [-0.3, -0.25) is 4.79 Å². The van der Waals surface area contributed by atoms with Gasteiger partial charge in [0.05, 0.1) is 0 Å². The summed E-state index contributed by atoms with van der Waals surface area (Å²) in [7, 11) is 1.96. The van der Waals surface area contributed by atoms with Gasteiger partial charge in [0.25, 0.3) is 5.91 Å². The number of aromatic nitrogens is 2. The number of piperidine rings is 1. The molecule has 6 heteroatoms. The standard InChI is InChI=1S/C19H23FN4O/c1-21-13-9-11-23(12-10-13)19(25)18-14-5-4-8-16(14)24(22-18)17-7-3-2-6-15(17)20/h2-3,6-7,13,21H,4-5,8-12H2,1H3. The van der Waals surface area contributed by atoms with Crippen LogP contribution in [0.5, 0.6) is 0 Å². The molecule has 2 heterocycles. The number of likely N-dealkylation sites (tertiary alicyclic amines) is 1. The van der Waals surface area contributed by atoms with E-state index in [-0.39, 0.29) is 11.7 Å². The molecule has 1 aromatic heterocycles. The number of para-hydroxylation sites is 1. The van der Waals surface area contributed by atoms with Crippen LogP contribution in [0.1, 0.15) is 41.0 Å². The fourth-order valence-corrected chi connectivity index (χ4v) is 3.95. The number of carbonyl (C=O) groups excluding carboxylic acids is 1. The number of carbonyl (C=O) groups is 1. The van der Waals surface area contributed by atoms with Crippen molar-refractivity contribution in [2.75, 3.05) is 20.1 Å². The number of rotatable bonds is 3. The first-order valence-corrected chi connectivity index (χ1v) is 9.01. The van der Waals surface area contributed by atoms with Crippen molar-refractivity contribution in [3.63, 3.8) is 0 Å². The molecule has 0 unspecified atom stereocenters. The van der Waals surface area contributed by atoms with Crippen molar-refractivity contribution < 1.29 is 9.18 Å². The number of hydrogen-bond donors (Lipinski definition) is 1. The summed E-state index contributed by atoms with van der Waals surface area (Å²) in [4.78, 5) is 14.9. The summed E-state index contributed by atoms with van der Waals surface area (Å²) in [5, 5.41) is 7.82. The Labute approximate surface area is 146 Å². The van der Waals surface area contributed by atoms with Gasteiger partial charge in [-0.25, -0.2) is 9.07 Å². The predicted molar refractivity (Wildman–Crippen MR) is 93.5 cm³/mol. The number of fused-ring (bicyclic) bond motifs is 1. The lowest BCUT2D eigenvalue weighted by atomic mass is 10.0. The second-order valence-corrected chi connectivity index (χ2v) is 6.85. The highest BCUT2D eigenvalue weighted by Crippen LogP contribution is 2.29. The first-order chi connectivity index (χ1) is 12.2. The lowest BCUT2D eigenvalue weighted by molar-refractivity contribution is 0.0700. The zero-order chi connectivity index (χ0) is 17.4. The quantitative estimate of drug-likeness (QED) is 0.931. The highest BCUT2D eigenvalue weighted by molar-refractivity contribution is 5.94. The van der Waals surface area contributed by atoms with Crippen molar-refractivity contribution in [1.29, 1.82) is 0 Å². The molecule has 0 spiro atoms. The summed E-state index contributed by atoms with van der Waals surface area (Å²) in [6.45, 7) is 1.48. The normalized spacial score (nSPS) is 17.8. The lowest BCUT2D eigenvalue weighted by Crippen LogP contribution is -2.44. The molecule has 25 heavy (non-hydrogen) atoms. The molecular weight excluding hydrogens is 319 g/mol. The Hall–Kier alpha value is -2.21. The highest BCUT2D eigenvalue weighted by Gasteiger charge is 2.31. The van der Waals surface area contributed by atoms with Crippen LogP contribution in [0.25, 0.3) is 5.69 Å². The van der Waals surface area contributed by atoms with E-state index in [0.717, 1.165) is 56.5 Å². The van der Waals surface area contributed by atoms with Crippen LogP contribution in [0.2, 0.25) is 0 Å². The number of amides is 1. The van der Waals surface area contributed by atoms with Gasteiger partial charge in [0.1, 0.15) is 11.5 Å². The minimum atomic E-state index is -0.312. The van der Waals surface area contributed by atoms with Crippen molar-refractivity contribution in [3.8, 4) is 5.69 Å². The second-order valence-electron chi connectivity index (χ2n) is 6.85. The zero-order valence-corrected chi connectivity index (χ0v) is 14.5. The van der Waals surface area contributed by atoms with Crippen LogP contribution >= 0.6 is 0 Å². The maximum absolute atomic E-state index is 14.2. The van der Waals surface area contributed by atoms with Gasteiger partial charge in [-0.1, -0.05) is 12.1 Å². The van der Waals surface area contributed by atoms with E-state index in [1.165, 1.54) is 6.07 Å². The number of benzene rings is 1. The first-order valence-electron chi connectivity index (χ1n) is 9.01. The molecule has 1 saturated heterocycles. The van der Waals surface area contributed by atoms with Crippen LogP contribution in [0.3, 0.4) is 0 Å². The largest absolute Gasteiger partial charge is 0.337 e. The van der Waals surface area contributed by atoms with Gasteiger partial charge >= 0.3 is 0 Å². The smallest absolute Gasteiger partial charge is 0.274 e. The third-order valence-corrected chi connectivity index (χ3v) is 5.40. The third kappa shape index (κ3) is 2.84. The van der Waals surface area contributed by atoms with Crippen molar-refractivity contribution in [3.05, 3.63) is 47.0 Å². The Morgan fingerprint density at radius 2 is 2.00 bits per heavy atom. The average molecular weight is 342 g/mol. The Bertz CT molecular complexity index is 793. The van der Waals surface area contributed by atoms with E-state index in [9.17, 15) is 9.18 Å². The number of hydrogen-bond acceptors (Lipinski definition) is 3. The molecule has 0 atom stereocenters. The number of halogens is 1. The van der Waals surface area contributed by atoms with Crippen LogP contribution < -0.4 is 5.32 Å². The molecule has 2 aliphatic rings. The van der Waals surface area contributed by atoms with E-state index in [4.69, 9.17) is 0 Å². The predicted octanol–water partition coefficient (Wildman–Crippen LogP) is 2.32. The van der Waals surface area contributed by atoms with E-state index in [1.807, 2.05) is 11.9 Å². The van der Waals surface area contributed by atoms with Gasteiger partial charge in [-0.2, -0.15) is 5.10 Å². The summed E-state index contributed by atoms with van der Waals surface area (Å²) in [5.41, 5.74) is 2.93. The summed E-state index contributed by atoms with van der Waals surface area (Å²) < 4.78 is 15.9. The minimum Gasteiger partial charge on any atom is -0.337 e. The molecule has 1 amide bonds. The highest BCUT2D eigenvalue weighted by atomic mass is 19.1. The van der Waals surface area contributed by atoms with Gasteiger partial charge in [0.2, 0.25) is 0 Å². The van der Waals surface area contributed by atoms with Crippen LogP contribution in [0.4, 0.5) is 4.39 Å². The summed E-state index contributed by atoms with van der Waals surface area (Å²) >= 11 is 0. The third-order valence-electron chi connectivity index (χ3n) is 5.40. The Morgan fingerprint density at radius 3 is 2.72 bits per heavy atom. The SMILES string of the molecule is CNC1CCN(C(=O)c2nn(-c3ccccc3F)c3c2CCC3)CC1. The van der Waals surface area contributed by atoms with Crippen molar-refractivity contribution in [1.82, 2.24) is 20.0 Å². The van der Waals surface area contributed by atoms with E-state index < -0.39 is 0 Å². The maximum atomic E-state index is 14.2. The molecule has 0 bridgehead atoms. The fraction of sp³-hybridized carbons (Fsp3) is 0.474. The van der Waals surface area contributed by atoms with Gasteiger partial charge in [-0.15, -0.1) is 0 Å². The Kier molecular flexibility index (Phi) is 4.29. The van der Waals surface area contributed by atoms with Gasteiger partial charge < -0.3 is 10.2 Å². The molecule has 132 valence electrons. The molecule has 1 aromatic carbocycles. The van der Waals surface area contributed by atoms with Crippen molar-refractivity contribution in [2.24, 2.45) is 0 Å². The molecule has 1 aliphatic carbocycles. The summed E-state index contributed by atoms with van der Waals surface area (Å²) in [6, 6.07) is 7.09. The van der Waals surface area contributed by atoms with Crippen molar-refractivity contribution in [2.45, 2.75) is 38.1 Å². The van der Waals surface area contributed by atoms with E-state index >= 15 is 0 Å². The monoisotopic (exact) mass is 342 g/mol. The molecule has 4 rings (SSSR count). The average Bonchev–Trinajstić information content (AvgIpc) is 3.24. The Balaban J connectivity index is 1.66. The van der Waals surface area contributed by atoms with Gasteiger partial charge in [0.15, 0.2) is 5.69 Å². The molecular formula is C19H23FN4O. The number of nitrogens with zero attached hydrogens (tertiary/aromatic N) is 3. The fourth-order valence-electron chi connectivity index (χ4n) is 3.95. The molecule has 5 nitrogen and oxygen atoms in total. The van der Waals surface area contributed by atoms with Crippen LogP contribution in [-0.2, 0) is 12.8 Å². The van der Waals surface area contributed by atoms with Gasteiger partial charge in [0, 0.05) is 30.4 Å². The molecule has 0 saturated carbocycles. The van der Waals surface area contributed by atoms with E-state index in [1.54, 1.807) is 22.9 Å². The van der Waals surface area contributed by atoms with Crippen molar-refractivity contribution >= 4 is 5.91 Å². The summed E-state index contributed by atoms with van der Waals surface area (Å²) in [6.07, 6.45) is 4.59. The molecule has 1 fully saturated rings. The second kappa shape index (κ2) is 6.59. The van der Waals surface area contributed by atoms with E-state index in [0.29, 0.717) is 17.4 Å². The topological polar surface area (TPSA) is 50.2 Å². The lowest BCUT2D eigenvalue weighted by Gasteiger charge is -2.31. The number of nitrogens with one attached hydrogen (secondary N) is 1. The van der Waals surface area contributed by atoms with Gasteiger partial charge in [-0.05, 0) is 51.3 Å². The molecule has 0 radical (unpaired) electrons.